The molecule has 1 N–H and O–H groups in total. The number of carbonyl (C=O) groups is 3. The van der Waals surface area contributed by atoms with Gasteiger partial charge >= 0.3 is 0 Å². The Bertz CT molecular complexity index is 981. The van der Waals surface area contributed by atoms with Gasteiger partial charge in [-0.25, -0.2) is 0 Å². The zero-order valence-corrected chi connectivity index (χ0v) is 20.1. The molecule has 3 amide bonds. The van der Waals surface area contributed by atoms with Gasteiger partial charge in [0.1, 0.15) is 17.5 Å². The molecule has 9 nitrogen and oxygen atoms in total. The van der Waals surface area contributed by atoms with Crippen LogP contribution in [0.1, 0.15) is 29.9 Å². The van der Waals surface area contributed by atoms with Crippen molar-refractivity contribution in [1.29, 1.82) is 0 Å². The van der Waals surface area contributed by atoms with E-state index in [1.54, 1.807) is 34.2 Å². The van der Waals surface area contributed by atoms with Crippen molar-refractivity contribution in [3.05, 3.63) is 53.9 Å². The number of ether oxygens (including phenoxy) is 2. The van der Waals surface area contributed by atoms with Gasteiger partial charge in [-0.2, -0.15) is 0 Å². The highest BCUT2D eigenvalue weighted by Gasteiger charge is 2.32. The van der Waals surface area contributed by atoms with Crippen LogP contribution in [-0.2, 0) is 16.0 Å². The highest BCUT2D eigenvalue weighted by molar-refractivity contribution is 5.98. The summed E-state index contributed by atoms with van der Waals surface area (Å²) in [7, 11) is 3.02. The molecule has 1 atom stereocenters. The SMILES string of the molecule is COc1cc(OC)cc(C(=O)NC(C(=O)N2CCN(C(=O)Cc3ccccn3)CC2)C(C)C)c1. The molecule has 1 aliphatic rings. The van der Waals surface area contributed by atoms with Crippen LogP contribution in [0.2, 0.25) is 0 Å². The maximum Gasteiger partial charge on any atom is 0.252 e. The van der Waals surface area contributed by atoms with Crippen LogP contribution in [0, 0.1) is 5.92 Å². The molecule has 2 aromatic rings. The van der Waals surface area contributed by atoms with E-state index < -0.39 is 6.04 Å². The van der Waals surface area contributed by atoms with Crippen molar-refractivity contribution in [2.75, 3.05) is 40.4 Å². The summed E-state index contributed by atoms with van der Waals surface area (Å²) in [5, 5.41) is 2.87. The number of piperazine rings is 1. The molecule has 1 unspecified atom stereocenters. The third-order valence-electron chi connectivity index (χ3n) is 5.84. The first-order valence-corrected chi connectivity index (χ1v) is 11.3. The van der Waals surface area contributed by atoms with Gasteiger partial charge in [-0.3, -0.25) is 19.4 Å². The van der Waals surface area contributed by atoms with Gasteiger partial charge in [-0.05, 0) is 30.2 Å². The molecular weight excluding hydrogens is 436 g/mol. The largest absolute Gasteiger partial charge is 0.497 e. The minimum absolute atomic E-state index is 0.00789. The summed E-state index contributed by atoms with van der Waals surface area (Å²) in [6.45, 7) is 5.51. The Morgan fingerprint density at radius 1 is 0.971 bits per heavy atom. The molecule has 34 heavy (non-hydrogen) atoms. The van der Waals surface area contributed by atoms with Gasteiger partial charge in [-0.15, -0.1) is 0 Å². The number of rotatable bonds is 8. The average Bonchev–Trinajstić information content (AvgIpc) is 2.86. The lowest BCUT2D eigenvalue weighted by Crippen LogP contribution is -2.57. The third kappa shape index (κ3) is 6.24. The molecule has 1 aromatic carbocycles. The zero-order valence-electron chi connectivity index (χ0n) is 20.1. The van der Waals surface area contributed by atoms with Crippen LogP contribution in [-0.4, -0.2) is 78.9 Å². The molecule has 9 heteroatoms. The van der Waals surface area contributed by atoms with E-state index in [0.29, 0.717) is 43.2 Å². The monoisotopic (exact) mass is 468 g/mol. The predicted molar refractivity (Wildman–Crippen MR) is 127 cm³/mol. The molecular formula is C25H32N4O5. The molecule has 0 aliphatic carbocycles. The summed E-state index contributed by atoms with van der Waals surface area (Å²) in [5.74, 6) is 0.314. The van der Waals surface area contributed by atoms with Gasteiger partial charge < -0.3 is 24.6 Å². The van der Waals surface area contributed by atoms with Gasteiger partial charge in [0, 0.05) is 49.7 Å². The van der Waals surface area contributed by atoms with Crippen molar-refractivity contribution < 1.29 is 23.9 Å². The normalized spacial score (nSPS) is 14.5. The number of nitrogens with zero attached hydrogens (tertiary/aromatic N) is 3. The third-order valence-corrected chi connectivity index (χ3v) is 5.84. The molecule has 0 saturated carbocycles. The number of aromatic nitrogens is 1. The van der Waals surface area contributed by atoms with Crippen LogP contribution in [0.3, 0.4) is 0 Å². The van der Waals surface area contributed by atoms with Crippen molar-refractivity contribution in [3.63, 3.8) is 0 Å². The van der Waals surface area contributed by atoms with Crippen molar-refractivity contribution >= 4 is 17.7 Å². The molecule has 0 bridgehead atoms. The van der Waals surface area contributed by atoms with E-state index in [0.717, 1.165) is 5.69 Å². The summed E-state index contributed by atoms with van der Waals surface area (Å²) >= 11 is 0. The lowest BCUT2D eigenvalue weighted by atomic mass is 10.0. The van der Waals surface area contributed by atoms with Gasteiger partial charge in [0.25, 0.3) is 5.91 Å². The van der Waals surface area contributed by atoms with Crippen molar-refractivity contribution in [2.24, 2.45) is 5.92 Å². The highest BCUT2D eigenvalue weighted by Crippen LogP contribution is 2.23. The van der Waals surface area contributed by atoms with Gasteiger partial charge in [0.05, 0.1) is 20.6 Å². The second kappa shape index (κ2) is 11.5. The molecule has 2 heterocycles. The fourth-order valence-corrected chi connectivity index (χ4v) is 3.82. The molecule has 1 fully saturated rings. The molecule has 1 aromatic heterocycles. The number of pyridine rings is 1. The topological polar surface area (TPSA) is 101 Å². The minimum Gasteiger partial charge on any atom is -0.497 e. The summed E-state index contributed by atoms with van der Waals surface area (Å²) in [6.07, 6.45) is 1.91. The van der Waals surface area contributed by atoms with Crippen LogP contribution >= 0.6 is 0 Å². The van der Waals surface area contributed by atoms with Crippen LogP contribution < -0.4 is 14.8 Å². The molecule has 1 saturated heterocycles. The van der Waals surface area contributed by atoms with Crippen LogP contribution in [0.4, 0.5) is 0 Å². The van der Waals surface area contributed by atoms with Crippen LogP contribution in [0.25, 0.3) is 0 Å². The Labute approximate surface area is 200 Å². The quantitative estimate of drug-likeness (QED) is 0.634. The number of nitrogens with one attached hydrogen (secondary N) is 1. The van der Waals surface area contributed by atoms with Crippen molar-refractivity contribution in [2.45, 2.75) is 26.3 Å². The number of amides is 3. The fourth-order valence-electron chi connectivity index (χ4n) is 3.82. The van der Waals surface area contributed by atoms with Crippen molar-refractivity contribution in [1.82, 2.24) is 20.1 Å². The molecule has 1 aliphatic heterocycles. The van der Waals surface area contributed by atoms with Crippen molar-refractivity contribution in [3.8, 4) is 11.5 Å². The second-order valence-electron chi connectivity index (χ2n) is 8.50. The lowest BCUT2D eigenvalue weighted by Gasteiger charge is -2.37. The van der Waals surface area contributed by atoms with E-state index in [4.69, 9.17) is 9.47 Å². The second-order valence-corrected chi connectivity index (χ2v) is 8.50. The maximum absolute atomic E-state index is 13.3. The van der Waals surface area contributed by atoms with E-state index >= 15 is 0 Å². The Kier molecular flexibility index (Phi) is 8.45. The maximum atomic E-state index is 13.3. The fraction of sp³-hybridized carbons (Fsp3) is 0.440. The van der Waals surface area contributed by atoms with E-state index in [9.17, 15) is 14.4 Å². The lowest BCUT2D eigenvalue weighted by molar-refractivity contribution is -0.141. The van der Waals surface area contributed by atoms with Crippen LogP contribution in [0.5, 0.6) is 11.5 Å². The standard InChI is InChI=1S/C25H32N4O5/c1-17(2)23(27-24(31)18-13-20(33-3)16-21(14-18)34-4)25(32)29-11-9-28(10-12-29)22(30)15-19-7-5-6-8-26-19/h5-8,13-14,16-17,23H,9-12,15H2,1-4H3,(H,27,31). The molecule has 182 valence electrons. The highest BCUT2D eigenvalue weighted by atomic mass is 16.5. The summed E-state index contributed by atoms with van der Waals surface area (Å²) in [6, 6.07) is 9.68. The molecule has 0 radical (unpaired) electrons. The van der Waals surface area contributed by atoms with E-state index in [2.05, 4.69) is 10.3 Å². The molecule has 3 rings (SSSR count). The van der Waals surface area contributed by atoms with E-state index in [1.165, 1.54) is 14.2 Å². The summed E-state index contributed by atoms with van der Waals surface area (Å²) in [5.41, 5.74) is 1.07. The van der Waals surface area contributed by atoms with E-state index in [-0.39, 0.29) is 30.1 Å². The number of benzene rings is 1. The summed E-state index contributed by atoms with van der Waals surface area (Å²) < 4.78 is 10.5. The number of hydrogen-bond donors (Lipinski definition) is 1. The molecule has 0 spiro atoms. The Balaban J connectivity index is 1.61. The van der Waals surface area contributed by atoms with Gasteiger partial charge in [0.2, 0.25) is 11.8 Å². The number of hydrogen-bond acceptors (Lipinski definition) is 6. The number of methoxy groups -OCH3 is 2. The van der Waals surface area contributed by atoms with Gasteiger partial charge in [0.15, 0.2) is 0 Å². The first-order chi connectivity index (χ1) is 16.3. The number of carbonyl (C=O) groups excluding carboxylic acids is 3. The van der Waals surface area contributed by atoms with Gasteiger partial charge in [-0.1, -0.05) is 19.9 Å². The predicted octanol–water partition coefficient (Wildman–Crippen LogP) is 1.77. The average molecular weight is 469 g/mol. The first-order valence-electron chi connectivity index (χ1n) is 11.3. The first kappa shape index (κ1) is 25.0. The Morgan fingerprint density at radius 2 is 1.59 bits per heavy atom. The smallest absolute Gasteiger partial charge is 0.252 e. The Morgan fingerprint density at radius 3 is 2.12 bits per heavy atom. The minimum atomic E-state index is -0.694. The Hall–Kier alpha value is -3.62. The zero-order chi connectivity index (χ0) is 24.7. The summed E-state index contributed by atoms with van der Waals surface area (Å²) in [4.78, 5) is 46.5. The van der Waals surface area contributed by atoms with E-state index in [1.807, 2.05) is 32.0 Å². The van der Waals surface area contributed by atoms with Crippen LogP contribution in [0.15, 0.2) is 42.6 Å².